The zero-order chi connectivity index (χ0) is 12.1. The Morgan fingerprint density at radius 2 is 2.47 bits per heavy atom. The average Bonchev–Trinajstić information content (AvgIpc) is 2.93. The number of oxazole rings is 1. The number of nitrogens with two attached hydrogens (primary N) is 1. The van der Waals surface area contributed by atoms with Gasteiger partial charge in [-0.2, -0.15) is 0 Å². The standard InChI is InChI=1S/C12H12N2OS2/c1-9-6-15-12(14-9)17-8-11-5-10(7-16-11)3-2-4-13/h5-7H,4,8,13H2,1H3. The van der Waals surface area contributed by atoms with E-state index in [9.17, 15) is 0 Å². The van der Waals surface area contributed by atoms with Gasteiger partial charge in [0.05, 0.1) is 12.2 Å². The summed E-state index contributed by atoms with van der Waals surface area (Å²) in [6.45, 7) is 2.31. The Bertz CT molecular complexity index is 548. The fraction of sp³-hybridized carbons (Fsp3) is 0.250. The molecule has 17 heavy (non-hydrogen) atoms. The van der Waals surface area contributed by atoms with Crippen LogP contribution in [0.25, 0.3) is 0 Å². The van der Waals surface area contributed by atoms with Crippen molar-refractivity contribution in [3.63, 3.8) is 0 Å². The number of rotatable bonds is 3. The Balaban J connectivity index is 1.93. The second-order valence-electron chi connectivity index (χ2n) is 3.35. The van der Waals surface area contributed by atoms with E-state index >= 15 is 0 Å². The minimum atomic E-state index is 0.398. The normalized spacial score (nSPS) is 10.0. The van der Waals surface area contributed by atoms with Crippen molar-refractivity contribution >= 4 is 23.1 Å². The minimum Gasteiger partial charge on any atom is -0.440 e. The second kappa shape index (κ2) is 5.92. The van der Waals surface area contributed by atoms with E-state index in [-0.39, 0.29) is 0 Å². The molecule has 0 bridgehead atoms. The van der Waals surface area contributed by atoms with Crippen LogP contribution in [0.1, 0.15) is 16.1 Å². The molecule has 0 fully saturated rings. The van der Waals surface area contributed by atoms with E-state index in [0.29, 0.717) is 11.8 Å². The lowest BCUT2D eigenvalue weighted by molar-refractivity contribution is 0.454. The van der Waals surface area contributed by atoms with E-state index in [0.717, 1.165) is 17.0 Å². The molecule has 0 radical (unpaired) electrons. The van der Waals surface area contributed by atoms with Crippen LogP contribution >= 0.6 is 23.1 Å². The topological polar surface area (TPSA) is 52.0 Å². The summed E-state index contributed by atoms with van der Waals surface area (Å²) in [7, 11) is 0. The molecule has 0 aliphatic carbocycles. The first kappa shape index (κ1) is 12.2. The molecule has 0 aromatic carbocycles. The van der Waals surface area contributed by atoms with Crippen molar-refractivity contribution in [2.75, 3.05) is 6.54 Å². The van der Waals surface area contributed by atoms with Gasteiger partial charge < -0.3 is 10.2 Å². The molecule has 0 aliphatic rings. The highest BCUT2D eigenvalue weighted by Crippen LogP contribution is 2.25. The highest BCUT2D eigenvalue weighted by atomic mass is 32.2. The Hall–Kier alpha value is -1.22. The highest BCUT2D eigenvalue weighted by Gasteiger charge is 2.04. The largest absolute Gasteiger partial charge is 0.440 e. The zero-order valence-corrected chi connectivity index (χ0v) is 11.0. The smallest absolute Gasteiger partial charge is 0.256 e. The molecule has 0 atom stereocenters. The molecule has 2 rings (SSSR count). The molecule has 0 unspecified atom stereocenters. The van der Waals surface area contributed by atoms with Gasteiger partial charge in [-0.05, 0) is 13.0 Å². The number of nitrogens with zero attached hydrogens (tertiary/aromatic N) is 1. The number of thiophene rings is 1. The van der Waals surface area contributed by atoms with Crippen LogP contribution in [0.4, 0.5) is 0 Å². The van der Waals surface area contributed by atoms with Gasteiger partial charge in [-0.1, -0.05) is 23.6 Å². The van der Waals surface area contributed by atoms with E-state index in [1.165, 1.54) is 4.88 Å². The van der Waals surface area contributed by atoms with Gasteiger partial charge in [-0.3, -0.25) is 0 Å². The Kier molecular flexibility index (Phi) is 4.26. The van der Waals surface area contributed by atoms with Crippen LogP contribution in [0.2, 0.25) is 0 Å². The van der Waals surface area contributed by atoms with Crippen LogP contribution in [-0.2, 0) is 5.75 Å². The first-order chi connectivity index (χ1) is 8.28. The summed E-state index contributed by atoms with van der Waals surface area (Å²) >= 11 is 3.28. The summed E-state index contributed by atoms with van der Waals surface area (Å²) in [5, 5.41) is 2.75. The van der Waals surface area contributed by atoms with Gasteiger partial charge in [0.15, 0.2) is 0 Å². The molecule has 0 saturated heterocycles. The van der Waals surface area contributed by atoms with Crippen molar-refractivity contribution in [1.82, 2.24) is 4.98 Å². The molecule has 0 aliphatic heterocycles. The van der Waals surface area contributed by atoms with Gasteiger partial charge in [0.2, 0.25) is 0 Å². The van der Waals surface area contributed by atoms with Crippen LogP contribution < -0.4 is 5.73 Å². The summed E-state index contributed by atoms with van der Waals surface area (Å²) < 4.78 is 5.27. The monoisotopic (exact) mass is 264 g/mol. The quantitative estimate of drug-likeness (QED) is 0.684. The van der Waals surface area contributed by atoms with E-state index in [1.54, 1.807) is 29.4 Å². The van der Waals surface area contributed by atoms with Crippen molar-refractivity contribution < 1.29 is 4.42 Å². The van der Waals surface area contributed by atoms with Crippen molar-refractivity contribution in [3.8, 4) is 11.8 Å². The number of aromatic nitrogens is 1. The van der Waals surface area contributed by atoms with Crippen molar-refractivity contribution in [2.45, 2.75) is 17.9 Å². The van der Waals surface area contributed by atoms with Crippen LogP contribution in [-0.4, -0.2) is 11.5 Å². The lowest BCUT2D eigenvalue weighted by Gasteiger charge is -1.91. The highest BCUT2D eigenvalue weighted by molar-refractivity contribution is 7.98. The van der Waals surface area contributed by atoms with Crippen LogP contribution in [0.3, 0.4) is 0 Å². The van der Waals surface area contributed by atoms with E-state index in [1.807, 2.05) is 12.3 Å². The molecule has 0 amide bonds. The maximum Gasteiger partial charge on any atom is 0.256 e. The first-order valence-corrected chi connectivity index (χ1v) is 6.95. The first-order valence-electron chi connectivity index (χ1n) is 5.09. The van der Waals surface area contributed by atoms with Crippen LogP contribution in [0.15, 0.2) is 27.3 Å². The number of aryl methyl sites for hydroxylation is 1. The zero-order valence-electron chi connectivity index (χ0n) is 9.40. The molecule has 3 nitrogen and oxygen atoms in total. The summed E-state index contributed by atoms with van der Waals surface area (Å²) in [4.78, 5) is 5.50. The third kappa shape index (κ3) is 3.63. The summed E-state index contributed by atoms with van der Waals surface area (Å²) in [6.07, 6.45) is 1.66. The SMILES string of the molecule is Cc1coc(SCc2cc(C#CCN)cs2)n1. The molecule has 0 spiro atoms. The molecule has 2 aromatic rings. The van der Waals surface area contributed by atoms with Gasteiger partial charge >= 0.3 is 0 Å². The van der Waals surface area contributed by atoms with Crippen LogP contribution in [0, 0.1) is 18.8 Å². The molecule has 88 valence electrons. The predicted molar refractivity (Wildman–Crippen MR) is 71.1 cm³/mol. The van der Waals surface area contributed by atoms with Gasteiger partial charge in [0.1, 0.15) is 6.26 Å². The Labute approximate surface area is 108 Å². The van der Waals surface area contributed by atoms with Crippen LogP contribution in [0.5, 0.6) is 0 Å². The van der Waals surface area contributed by atoms with E-state index in [4.69, 9.17) is 10.2 Å². The van der Waals surface area contributed by atoms with Crippen molar-refractivity contribution in [1.29, 1.82) is 0 Å². The minimum absolute atomic E-state index is 0.398. The average molecular weight is 264 g/mol. The Morgan fingerprint density at radius 1 is 1.59 bits per heavy atom. The van der Waals surface area contributed by atoms with Gasteiger partial charge in [0, 0.05) is 21.6 Å². The number of hydrogen-bond donors (Lipinski definition) is 1. The molecule has 0 saturated carbocycles. The fourth-order valence-corrected chi connectivity index (χ4v) is 2.93. The van der Waals surface area contributed by atoms with Gasteiger partial charge in [0.25, 0.3) is 5.22 Å². The third-order valence-corrected chi connectivity index (χ3v) is 3.93. The Morgan fingerprint density at radius 3 is 3.18 bits per heavy atom. The number of thioether (sulfide) groups is 1. The van der Waals surface area contributed by atoms with E-state index in [2.05, 4.69) is 22.9 Å². The second-order valence-corrected chi connectivity index (χ2v) is 5.27. The molecular formula is C12H12N2OS2. The molecule has 2 aromatic heterocycles. The molecular weight excluding hydrogens is 252 g/mol. The predicted octanol–water partition coefficient (Wildman–Crippen LogP) is 2.65. The lowest BCUT2D eigenvalue weighted by atomic mass is 10.3. The molecule has 2 heterocycles. The summed E-state index contributed by atoms with van der Waals surface area (Å²) in [5.41, 5.74) is 7.26. The lowest BCUT2D eigenvalue weighted by Crippen LogP contribution is -1.92. The van der Waals surface area contributed by atoms with Gasteiger partial charge in [-0.15, -0.1) is 11.3 Å². The maximum absolute atomic E-state index is 5.33. The molecule has 5 heteroatoms. The maximum atomic E-state index is 5.33. The van der Waals surface area contributed by atoms with E-state index < -0.39 is 0 Å². The summed E-state index contributed by atoms with van der Waals surface area (Å²) in [5.74, 6) is 6.71. The van der Waals surface area contributed by atoms with Crippen molar-refractivity contribution in [3.05, 3.63) is 33.8 Å². The van der Waals surface area contributed by atoms with Gasteiger partial charge in [-0.25, -0.2) is 4.98 Å². The fourth-order valence-electron chi connectivity index (χ4n) is 1.21. The summed E-state index contributed by atoms with van der Waals surface area (Å²) in [6, 6.07) is 2.08. The molecule has 2 N–H and O–H groups in total. The van der Waals surface area contributed by atoms with Crippen molar-refractivity contribution in [2.24, 2.45) is 5.73 Å². The third-order valence-electron chi connectivity index (χ3n) is 1.92. The number of hydrogen-bond acceptors (Lipinski definition) is 5.